The van der Waals surface area contributed by atoms with Crippen molar-refractivity contribution in [2.45, 2.75) is 32.9 Å². The molecule has 2 rings (SSSR count). The molecule has 1 fully saturated rings. The first kappa shape index (κ1) is 12.1. The van der Waals surface area contributed by atoms with Crippen LogP contribution < -0.4 is 4.90 Å². The van der Waals surface area contributed by atoms with Gasteiger partial charge in [0.25, 0.3) is 0 Å². The molecule has 1 aliphatic heterocycles. The van der Waals surface area contributed by atoms with E-state index in [0.29, 0.717) is 12.0 Å². The third-order valence-corrected chi connectivity index (χ3v) is 3.75. The molecule has 92 valence electrons. The van der Waals surface area contributed by atoms with Crippen LogP contribution in [-0.4, -0.2) is 23.5 Å². The van der Waals surface area contributed by atoms with Crippen LogP contribution in [0.2, 0.25) is 0 Å². The summed E-state index contributed by atoms with van der Waals surface area (Å²) in [4.78, 5) is 1.58. The van der Waals surface area contributed by atoms with Crippen LogP contribution in [0.5, 0.6) is 0 Å². The van der Waals surface area contributed by atoms with Gasteiger partial charge in [-0.25, -0.2) is 0 Å². The Bertz CT molecular complexity index is 388. The normalized spacial score (nSPS) is 31.6. The zero-order valence-electron chi connectivity index (χ0n) is 10.6. The Balaban J connectivity index is 2.03. The average Bonchev–Trinajstić information content (AvgIpc) is 2.34. The first-order valence-corrected chi connectivity index (χ1v) is 6.30. The van der Waals surface area contributed by atoms with Crippen LogP contribution in [0, 0.1) is 5.92 Å². The van der Waals surface area contributed by atoms with Gasteiger partial charge in [-0.1, -0.05) is 42.4 Å². The molecule has 0 bridgehead atoms. The molecule has 17 heavy (non-hydrogen) atoms. The molecular weight excluding hydrogens is 212 g/mol. The van der Waals surface area contributed by atoms with Gasteiger partial charge in [-0.05, 0) is 6.92 Å². The average molecular weight is 233 g/mol. The maximum absolute atomic E-state index is 8.93. The minimum atomic E-state index is 0.384. The molecule has 1 aromatic rings. The van der Waals surface area contributed by atoms with Crippen LogP contribution >= 0.6 is 0 Å². The summed E-state index contributed by atoms with van der Waals surface area (Å²) >= 11 is 0. The highest BCUT2D eigenvalue weighted by Crippen LogP contribution is 2.08. The van der Waals surface area contributed by atoms with Crippen molar-refractivity contribution in [3.8, 4) is 0 Å². The van der Waals surface area contributed by atoms with Gasteiger partial charge < -0.3 is 10.1 Å². The quantitative estimate of drug-likeness (QED) is 0.587. The summed E-state index contributed by atoms with van der Waals surface area (Å²) in [6.07, 6.45) is 0.903. The minimum Gasteiger partial charge on any atom is -0.411 e. The van der Waals surface area contributed by atoms with E-state index < -0.39 is 0 Å². The molecule has 3 atom stereocenters. The number of nitrogens with one attached hydrogen (secondary N) is 1. The molecule has 0 spiro atoms. The fourth-order valence-corrected chi connectivity index (χ4v) is 2.62. The molecule has 0 aromatic heterocycles. The van der Waals surface area contributed by atoms with Crippen LogP contribution in [0.3, 0.4) is 0 Å². The van der Waals surface area contributed by atoms with E-state index in [1.165, 1.54) is 5.56 Å². The number of hydrogen-bond acceptors (Lipinski definition) is 2. The van der Waals surface area contributed by atoms with E-state index in [0.717, 1.165) is 25.2 Å². The molecule has 3 nitrogen and oxygen atoms in total. The molecule has 0 aliphatic carbocycles. The summed E-state index contributed by atoms with van der Waals surface area (Å²) in [7, 11) is 0. The van der Waals surface area contributed by atoms with Crippen LogP contribution in [0.25, 0.3) is 0 Å². The number of rotatable bonds is 2. The van der Waals surface area contributed by atoms with Crippen molar-refractivity contribution < 1.29 is 10.1 Å². The summed E-state index contributed by atoms with van der Waals surface area (Å²) in [6.45, 7) is 6.49. The third-order valence-electron chi connectivity index (χ3n) is 3.75. The van der Waals surface area contributed by atoms with Crippen molar-refractivity contribution >= 4 is 5.71 Å². The summed E-state index contributed by atoms with van der Waals surface area (Å²) in [6, 6.07) is 11.1. The molecule has 1 aromatic carbocycles. The van der Waals surface area contributed by atoms with Gasteiger partial charge in [0.2, 0.25) is 0 Å². The lowest BCUT2D eigenvalue weighted by Gasteiger charge is -2.34. The predicted octanol–water partition coefficient (Wildman–Crippen LogP) is 1.33. The Morgan fingerprint density at radius 1 is 1.29 bits per heavy atom. The summed E-state index contributed by atoms with van der Waals surface area (Å²) < 4.78 is 0. The second-order valence-electron chi connectivity index (χ2n) is 5.12. The van der Waals surface area contributed by atoms with Crippen molar-refractivity contribution in [2.24, 2.45) is 11.1 Å². The Morgan fingerprint density at radius 2 is 2.00 bits per heavy atom. The molecular formula is C14H21N2O+. The molecule has 0 radical (unpaired) electrons. The molecule has 2 N–H and O–H groups in total. The fourth-order valence-electron chi connectivity index (χ4n) is 2.62. The van der Waals surface area contributed by atoms with Gasteiger partial charge in [0.15, 0.2) is 0 Å². The lowest BCUT2D eigenvalue weighted by molar-refractivity contribution is -0.940. The molecule has 1 unspecified atom stereocenters. The first-order valence-electron chi connectivity index (χ1n) is 6.30. The van der Waals surface area contributed by atoms with Crippen molar-refractivity contribution in [2.75, 3.05) is 6.54 Å². The fraction of sp³-hybridized carbons (Fsp3) is 0.500. The topological polar surface area (TPSA) is 37.0 Å². The van der Waals surface area contributed by atoms with Gasteiger partial charge >= 0.3 is 0 Å². The molecule has 3 heteroatoms. The number of quaternary nitrogens is 1. The largest absolute Gasteiger partial charge is 0.411 e. The van der Waals surface area contributed by atoms with Crippen molar-refractivity contribution in [1.82, 2.24) is 0 Å². The van der Waals surface area contributed by atoms with Crippen LogP contribution in [-0.2, 0) is 6.54 Å². The number of nitrogens with zero attached hydrogens (tertiary/aromatic N) is 1. The van der Waals surface area contributed by atoms with Gasteiger partial charge in [-0.3, -0.25) is 0 Å². The molecule has 0 amide bonds. The van der Waals surface area contributed by atoms with E-state index >= 15 is 0 Å². The van der Waals surface area contributed by atoms with E-state index in [4.69, 9.17) is 5.21 Å². The minimum absolute atomic E-state index is 0.384. The zero-order chi connectivity index (χ0) is 12.3. The maximum atomic E-state index is 8.93. The monoisotopic (exact) mass is 233 g/mol. The predicted molar refractivity (Wildman–Crippen MR) is 68.4 cm³/mol. The lowest BCUT2D eigenvalue weighted by Crippen LogP contribution is -3.16. The van der Waals surface area contributed by atoms with E-state index in [-0.39, 0.29) is 0 Å². The van der Waals surface area contributed by atoms with Crippen molar-refractivity contribution in [3.05, 3.63) is 35.9 Å². The second-order valence-corrected chi connectivity index (χ2v) is 5.12. The van der Waals surface area contributed by atoms with Crippen molar-refractivity contribution in [3.63, 3.8) is 0 Å². The van der Waals surface area contributed by atoms with E-state index in [9.17, 15) is 0 Å². The number of oxime groups is 1. The third kappa shape index (κ3) is 2.86. The summed E-state index contributed by atoms with van der Waals surface area (Å²) in [5, 5.41) is 12.4. The molecule has 1 heterocycles. The maximum Gasteiger partial charge on any atom is 0.103 e. The highest BCUT2D eigenvalue weighted by atomic mass is 16.4. The molecule has 1 saturated heterocycles. The van der Waals surface area contributed by atoms with Gasteiger partial charge in [0.1, 0.15) is 6.54 Å². The number of piperidine rings is 1. The zero-order valence-corrected chi connectivity index (χ0v) is 10.6. The smallest absolute Gasteiger partial charge is 0.103 e. The van der Waals surface area contributed by atoms with Crippen LogP contribution in [0.4, 0.5) is 0 Å². The summed E-state index contributed by atoms with van der Waals surface area (Å²) in [5.74, 6) is 0.384. The highest BCUT2D eigenvalue weighted by Gasteiger charge is 2.31. The molecule has 0 saturated carbocycles. The number of benzene rings is 1. The molecule has 1 aliphatic rings. The van der Waals surface area contributed by atoms with Gasteiger partial charge in [0, 0.05) is 17.9 Å². The first-order chi connectivity index (χ1) is 8.20. The lowest BCUT2D eigenvalue weighted by atomic mass is 9.92. The second kappa shape index (κ2) is 5.32. The Labute approximate surface area is 103 Å². The number of likely N-dealkylation sites (tertiary alicyclic amines) is 1. The van der Waals surface area contributed by atoms with Gasteiger partial charge in [-0.2, -0.15) is 0 Å². The highest BCUT2D eigenvalue weighted by molar-refractivity contribution is 5.86. The van der Waals surface area contributed by atoms with E-state index in [2.05, 4.69) is 49.3 Å². The number of hydrogen-bond donors (Lipinski definition) is 2. The van der Waals surface area contributed by atoms with Gasteiger partial charge in [-0.15, -0.1) is 0 Å². The van der Waals surface area contributed by atoms with Crippen molar-refractivity contribution in [1.29, 1.82) is 0 Å². The SMILES string of the molecule is C[C@@H]1C/C(=N\O)[C@@H](C)C[NH+]1Cc1ccccc1. The van der Waals surface area contributed by atoms with E-state index in [1.54, 1.807) is 4.90 Å². The summed E-state index contributed by atoms with van der Waals surface area (Å²) in [5.41, 5.74) is 2.33. The Morgan fingerprint density at radius 3 is 2.65 bits per heavy atom. The Hall–Kier alpha value is -1.35. The van der Waals surface area contributed by atoms with Crippen LogP contribution in [0.15, 0.2) is 35.5 Å². The van der Waals surface area contributed by atoms with Crippen LogP contribution in [0.1, 0.15) is 25.8 Å². The standard InChI is InChI=1S/C14H20N2O/c1-11-9-16(12(2)8-14(11)15-17)10-13-6-4-3-5-7-13/h3-7,11-12,17H,8-10H2,1-2H3/p+1/b15-14+/t11-,12+/m0/s1. The Kier molecular flexibility index (Phi) is 3.79. The van der Waals surface area contributed by atoms with Gasteiger partial charge in [0.05, 0.1) is 18.3 Å². The van der Waals surface area contributed by atoms with E-state index in [1.807, 2.05) is 0 Å².